The van der Waals surface area contributed by atoms with Crippen LogP contribution in [-0.4, -0.2) is 34.5 Å². The molecule has 1 saturated heterocycles. The molecule has 1 saturated carbocycles. The second kappa shape index (κ2) is 10.9. The van der Waals surface area contributed by atoms with E-state index in [1.54, 1.807) is 28.8 Å². The third-order valence-corrected chi connectivity index (χ3v) is 7.91. The fourth-order valence-electron chi connectivity index (χ4n) is 5.39. The average molecular weight is 547 g/mol. The van der Waals surface area contributed by atoms with Crippen molar-refractivity contribution < 1.29 is 13.9 Å². The highest BCUT2D eigenvalue weighted by molar-refractivity contribution is 6.30. The van der Waals surface area contributed by atoms with E-state index in [0.717, 1.165) is 55.6 Å². The molecule has 2 fully saturated rings. The molecule has 0 atom stereocenters. The van der Waals surface area contributed by atoms with E-state index in [0.29, 0.717) is 34.6 Å². The van der Waals surface area contributed by atoms with Crippen LogP contribution in [0.5, 0.6) is 5.75 Å². The van der Waals surface area contributed by atoms with Crippen LogP contribution in [-0.2, 0) is 13.0 Å². The quantitative estimate of drug-likeness (QED) is 0.272. The van der Waals surface area contributed by atoms with Crippen molar-refractivity contribution in [3.8, 4) is 5.75 Å². The van der Waals surface area contributed by atoms with Crippen molar-refractivity contribution in [1.82, 2.24) is 14.7 Å². The maximum atomic E-state index is 15.2. The summed E-state index contributed by atoms with van der Waals surface area (Å²) in [6, 6.07) is 17.2. The number of nitrogens with zero attached hydrogens (tertiary/aromatic N) is 3. The second-order valence-corrected chi connectivity index (χ2v) is 10.9. The van der Waals surface area contributed by atoms with Gasteiger partial charge in [-0.1, -0.05) is 30.7 Å². The minimum absolute atomic E-state index is 0.178. The van der Waals surface area contributed by atoms with Gasteiger partial charge in [-0.2, -0.15) is 0 Å². The number of carbonyl (C=O) groups excluding carboxylic acids is 1. The first-order valence-electron chi connectivity index (χ1n) is 13.7. The third-order valence-electron chi connectivity index (χ3n) is 7.69. The molecular weight excluding hydrogens is 515 g/mol. The molecule has 4 aromatic rings. The molecule has 0 bridgehead atoms. The Hall–Kier alpha value is -3.58. The third kappa shape index (κ3) is 5.59. The Morgan fingerprint density at radius 1 is 1.08 bits per heavy atom. The van der Waals surface area contributed by atoms with Gasteiger partial charge in [0.15, 0.2) is 0 Å². The van der Waals surface area contributed by atoms with E-state index in [1.165, 1.54) is 5.69 Å². The van der Waals surface area contributed by atoms with Gasteiger partial charge in [-0.15, -0.1) is 0 Å². The van der Waals surface area contributed by atoms with Gasteiger partial charge in [0.1, 0.15) is 22.9 Å². The lowest BCUT2D eigenvalue weighted by Gasteiger charge is -2.34. The predicted octanol–water partition coefficient (Wildman–Crippen LogP) is 6.54. The summed E-state index contributed by atoms with van der Waals surface area (Å²) in [6.45, 7) is 3.95. The Bertz CT molecular complexity index is 1490. The van der Waals surface area contributed by atoms with Crippen molar-refractivity contribution in [1.29, 1.82) is 0 Å². The number of imidazole rings is 1. The summed E-state index contributed by atoms with van der Waals surface area (Å²) in [5, 5.41) is 3.45. The van der Waals surface area contributed by atoms with Gasteiger partial charge in [0.05, 0.1) is 16.8 Å². The Morgan fingerprint density at radius 2 is 1.85 bits per heavy atom. The van der Waals surface area contributed by atoms with E-state index in [-0.39, 0.29) is 24.2 Å². The van der Waals surface area contributed by atoms with Gasteiger partial charge in [-0.25, -0.2) is 9.37 Å². The summed E-state index contributed by atoms with van der Waals surface area (Å²) >= 11 is 6.15. The van der Waals surface area contributed by atoms with Gasteiger partial charge < -0.3 is 15.0 Å². The van der Waals surface area contributed by atoms with Crippen LogP contribution >= 0.6 is 11.6 Å². The topological polar surface area (TPSA) is 58.9 Å². The molecule has 1 aliphatic carbocycles. The summed E-state index contributed by atoms with van der Waals surface area (Å²) in [7, 11) is 0. The molecule has 6 rings (SSSR count). The highest BCUT2D eigenvalue weighted by Gasteiger charge is 2.25. The number of hydrogen-bond acceptors (Lipinski definition) is 4. The number of nitrogens with one attached hydrogen (secondary N) is 1. The number of halogens is 2. The molecule has 8 heteroatoms. The van der Waals surface area contributed by atoms with E-state index in [9.17, 15) is 4.79 Å². The lowest BCUT2D eigenvalue weighted by atomic mass is 9.88. The second-order valence-electron chi connectivity index (χ2n) is 10.4. The van der Waals surface area contributed by atoms with Gasteiger partial charge in [0.25, 0.3) is 5.91 Å². The maximum absolute atomic E-state index is 15.2. The molecule has 1 N–H and O–H groups in total. The van der Waals surface area contributed by atoms with Crippen molar-refractivity contribution in [2.75, 3.05) is 18.0 Å². The number of carbonyl (C=O) groups is 1. The summed E-state index contributed by atoms with van der Waals surface area (Å²) in [5.41, 5.74) is 4.49. The number of pyridine rings is 1. The molecule has 202 valence electrons. The number of amides is 1. The van der Waals surface area contributed by atoms with Gasteiger partial charge in [-0.05, 0) is 91.6 Å². The van der Waals surface area contributed by atoms with Gasteiger partial charge in [0.2, 0.25) is 0 Å². The van der Waals surface area contributed by atoms with E-state index >= 15 is 4.39 Å². The number of ether oxygens (including phenoxy) is 1. The summed E-state index contributed by atoms with van der Waals surface area (Å²) in [4.78, 5) is 20.0. The lowest BCUT2D eigenvalue weighted by Crippen LogP contribution is -2.33. The number of aromatic nitrogens is 2. The van der Waals surface area contributed by atoms with E-state index in [2.05, 4.69) is 27.3 Å². The summed E-state index contributed by atoms with van der Waals surface area (Å²) < 4.78 is 22.8. The number of rotatable bonds is 8. The Morgan fingerprint density at radius 3 is 2.54 bits per heavy atom. The largest absolute Gasteiger partial charge is 0.490 e. The van der Waals surface area contributed by atoms with Crippen molar-refractivity contribution in [3.05, 3.63) is 94.1 Å². The number of anilines is 1. The molecule has 0 spiro atoms. The monoisotopic (exact) mass is 546 g/mol. The van der Waals surface area contributed by atoms with E-state index in [4.69, 9.17) is 16.3 Å². The number of fused-ring (bicyclic) bond motifs is 1. The number of aryl methyl sites for hydroxylation is 1. The van der Waals surface area contributed by atoms with E-state index in [1.807, 2.05) is 31.2 Å². The predicted molar refractivity (Wildman–Crippen MR) is 151 cm³/mol. The molecule has 0 unspecified atom stereocenters. The standard InChI is InChI=1S/C31H32ClFN4O2/c1-2-28-30(37-19-22(32)4-12-29(37)35-28)31(38)34-18-20-3-11-26(27(33)17-20)21-13-15-36(16-14-21)23-5-7-24(8-6-23)39-25-9-10-25/h3-8,11-12,17,19,21,25H,2,9-10,13-16,18H2,1H3,(H,34,38). The van der Waals surface area contributed by atoms with Crippen LogP contribution < -0.4 is 15.0 Å². The SMILES string of the molecule is CCc1nc2ccc(Cl)cn2c1C(=O)NCc1ccc(C2CCN(c3ccc(OC4CC4)cc3)CC2)c(F)c1. The molecule has 2 aromatic heterocycles. The zero-order valence-electron chi connectivity index (χ0n) is 22.0. The van der Waals surface area contributed by atoms with Crippen LogP contribution in [0.3, 0.4) is 0 Å². The molecular formula is C31H32ClFN4O2. The first-order valence-corrected chi connectivity index (χ1v) is 14.1. The zero-order valence-corrected chi connectivity index (χ0v) is 22.8. The molecule has 1 aliphatic heterocycles. The molecule has 1 amide bonds. The molecule has 0 radical (unpaired) electrons. The summed E-state index contributed by atoms with van der Waals surface area (Å²) in [6.07, 6.45) is 6.80. The molecule has 2 aliphatic rings. The zero-order chi connectivity index (χ0) is 26.9. The van der Waals surface area contributed by atoms with Crippen LogP contribution in [0.25, 0.3) is 5.65 Å². The number of benzene rings is 2. The van der Waals surface area contributed by atoms with Crippen LogP contribution in [0.4, 0.5) is 10.1 Å². The van der Waals surface area contributed by atoms with Crippen LogP contribution in [0.15, 0.2) is 60.8 Å². The van der Waals surface area contributed by atoms with Crippen molar-refractivity contribution in [2.24, 2.45) is 0 Å². The van der Waals surface area contributed by atoms with Gasteiger partial charge in [0, 0.05) is 31.5 Å². The van der Waals surface area contributed by atoms with E-state index < -0.39 is 0 Å². The fourth-order valence-corrected chi connectivity index (χ4v) is 5.56. The Balaban J connectivity index is 1.07. The molecule has 39 heavy (non-hydrogen) atoms. The van der Waals surface area contributed by atoms with Crippen LogP contribution in [0.2, 0.25) is 5.02 Å². The minimum atomic E-state index is -0.259. The molecule has 3 heterocycles. The van der Waals surface area contributed by atoms with Gasteiger partial charge in [-0.3, -0.25) is 9.20 Å². The van der Waals surface area contributed by atoms with Crippen molar-refractivity contribution in [2.45, 2.75) is 57.6 Å². The maximum Gasteiger partial charge on any atom is 0.270 e. The summed E-state index contributed by atoms with van der Waals surface area (Å²) in [5.74, 6) is 0.642. The Labute approximate surface area is 232 Å². The van der Waals surface area contributed by atoms with Crippen molar-refractivity contribution >= 4 is 28.8 Å². The minimum Gasteiger partial charge on any atom is -0.490 e. The molecule has 6 nitrogen and oxygen atoms in total. The van der Waals surface area contributed by atoms with Crippen molar-refractivity contribution in [3.63, 3.8) is 0 Å². The normalized spacial score (nSPS) is 16.0. The highest BCUT2D eigenvalue weighted by Crippen LogP contribution is 2.33. The Kier molecular flexibility index (Phi) is 7.17. The first-order chi connectivity index (χ1) is 19.0. The smallest absolute Gasteiger partial charge is 0.270 e. The average Bonchev–Trinajstić information content (AvgIpc) is 3.69. The fraction of sp³-hybridized carbons (Fsp3) is 0.355. The number of piperidine rings is 1. The number of hydrogen-bond donors (Lipinski definition) is 1. The van der Waals surface area contributed by atoms with Gasteiger partial charge >= 0.3 is 0 Å². The van der Waals surface area contributed by atoms with Crippen LogP contribution in [0.1, 0.15) is 65.8 Å². The van der Waals surface area contributed by atoms with Crippen LogP contribution in [0, 0.1) is 5.82 Å². The first kappa shape index (κ1) is 25.7. The highest BCUT2D eigenvalue weighted by atomic mass is 35.5. The molecule has 2 aromatic carbocycles. The lowest BCUT2D eigenvalue weighted by molar-refractivity contribution is 0.0944.